The molecule has 0 spiro atoms. The van der Waals surface area contributed by atoms with Crippen LogP contribution in [0.25, 0.3) is 0 Å². The maximum absolute atomic E-state index is 11.9. The SMILES string of the molecule is CC(Oc1ccccc1Cl)C(=O)Nc1cccnc1. The maximum Gasteiger partial charge on any atom is 0.265 e. The number of carbonyl (C=O) groups excluding carboxylic acids is 1. The molecule has 0 radical (unpaired) electrons. The summed E-state index contributed by atoms with van der Waals surface area (Å²) in [5, 5.41) is 3.19. The highest BCUT2D eigenvalue weighted by Crippen LogP contribution is 2.24. The quantitative estimate of drug-likeness (QED) is 0.933. The summed E-state index contributed by atoms with van der Waals surface area (Å²) >= 11 is 5.97. The number of benzene rings is 1. The molecule has 1 heterocycles. The van der Waals surface area contributed by atoms with Crippen molar-refractivity contribution in [3.05, 3.63) is 53.8 Å². The lowest BCUT2D eigenvalue weighted by Crippen LogP contribution is -2.30. The summed E-state index contributed by atoms with van der Waals surface area (Å²) in [5.74, 6) is 0.228. The van der Waals surface area contributed by atoms with Gasteiger partial charge in [-0.3, -0.25) is 9.78 Å². The molecule has 0 aliphatic heterocycles. The molecule has 0 fully saturated rings. The average Bonchev–Trinajstić information content (AvgIpc) is 2.42. The van der Waals surface area contributed by atoms with E-state index in [0.29, 0.717) is 16.5 Å². The van der Waals surface area contributed by atoms with Crippen LogP contribution in [0, 0.1) is 0 Å². The molecule has 0 aliphatic carbocycles. The van der Waals surface area contributed by atoms with E-state index in [2.05, 4.69) is 10.3 Å². The topological polar surface area (TPSA) is 51.2 Å². The third kappa shape index (κ3) is 3.69. The van der Waals surface area contributed by atoms with Crippen LogP contribution in [0.5, 0.6) is 5.75 Å². The third-order valence-corrected chi connectivity index (χ3v) is 2.75. The van der Waals surface area contributed by atoms with Crippen LogP contribution in [0.1, 0.15) is 6.92 Å². The van der Waals surface area contributed by atoms with Crippen molar-refractivity contribution in [1.29, 1.82) is 0 Å². The number of carbonyl (C=O) groups is 1. The maximum atomic E-state index is 11.9. The lowest BCUT2D eigenvalue weighted by Gasteiger charge is -2.15. The van der Waals surface area contributed by atoms with Gasteiger partial charge >= 0.3 is 0 Å². The lowest BCUT2D eigenvalue weighted by atomic mass is 10.3. The van der Waals surface area contributed by atoms with E-state index in [1.807, 2.05) is 0 Å². The predicted octanol–water partition coefficient (Wildman–Crippen LogP) is 3.14. The summed E-state index contributed by atoms with van der Waals surface area (Å²) in [6, 6.07) is 10.5. The summed E-state index contributed by atoms with van der Waals surface area (Å²) in [5.41, 5.74) is 0.627. The van der Waals surface area contributed by atoms with E-state index in [-0.39, 0.29) is 5.91 Å². The average molecular weight is 277 g/mol. The number of para-hydroxylation sites is 1. The van der Waals surface area contributed by atoms with Gasteiger partial charge in [-0.25, -0.2) is 0 Å². The summed E-state index contributed by atoms with van der Waals surface area (Å²) in [6.45, 7) is 1.66. The van der Waals surface area contributed by atoms with Crippen molar-refractivity contribution in [3.63, 3.8) is 0 Å². The zero-order valence-electron chi connectivity index (χ0n) is 10.3. The van der Waals surface area contributed by atoms with Gasteiger partial charge in [-0.1, -0.05) is 23.7 Å². The Balaban J connectivity index is 1.98. The Hall–Kier alpha value is -2.07. The van der Waals surface area contributed by atoms with E-state index >= 15 is 0 Å². The van der Waals surface area contributed by atoms with E-state index < -0.39 is 6.10 Å². The smallest absolute Gasteiger partial charge is 0.265 e. The number of aromatic nitrogens is 1. The van der Waals surface area contributed by atoms with Gasteiger partial charge in [0.2, 0.25) is 0 Å². The number of anilines is 1. The number of ether oxygens (including phenoxy) is 1. The van der Waals surface area contributed by atoms with Crippen LogP contribution in [0.4, 0.5) is 5.69 Å². The van der Waals surface area contributed by atoms with Crippen LogP contribution in [0.3, 0.4) is 0 Å². The first kappa shape index (κ1) is 13.4. The minimum Gasteiger partial charge on any atom is -0.479 e. The lowest BCUT2D eigenvalue weighted by molar-refractivity contribution is -0.122. The van der Waals surface area contributed by atoms with E-state index in [9.17, 15) is 4.79 Å². The molecule has 0 aliphatic rings. The second-order valence-corrected chi connectivity index (χ2v) is 4.33. The molecule has 1 aromatic heterocycles. The summed E-state index contributed by atoms with van der Waals surface area (Å²) in [4.78, 5) is 15.8. The van der Waals surface area contributed by atoms with Gasteiger partial charge in [0, 0.05) is 6.20 Å². The molecule has 1 atom stereocenters. The minimum atomic E-state index is -0.653. The van der Waals surface area contributed by atoms with Crippen molar-refractivity contribution in [2.75, 3.05) is 5.32 Å². The van der Waals surface area contributed by atoms with E-state index in [4.69, 9.17) is 16.3 Å². The third-order valence-electron chi connectivity index (χ3n) is 2.44. The van der Waals surface area contributed by atoms with Gasteiger partial charge in [0.15, 0.2) is 6.10 Å². The number of hydrogen-bond donors (Lipinski definition) is 1. The Kier molecular flexibility index (Phi) is 4.36. The van der Waals surface area contributed by atoms with Gasteiger partial charge < -0.3 is 10.1 Å². The molecule has 2 aromatic rings. The molecule has 1 amide bonds. The number of nitrogens with one attached hydrogen (secondary N) is 1. The van der Waals surface area contributed by atoms with E-state index in [0.717, 1.165) is 0 Å². The van der Waals surface area contributed by atoms with Crippen molar-refractivity contribution in [1.82, 2.24) is 4.98 Å². The Morgan fingerprint density at radius 3 is 2.79 bits per heavy atom. The van der Waals surface area contributed by atoms with Gasteiger partial charge in [0.05, 0.1) is 16.9 Å². The van der Waals surface area contributed by atoms with E-state index in [1.165, 1.54) is 0 Å². The fourth-order valence-electron chi connectivity index (χ4n) is 1.46. The molecule has 5 heteroatoms. The van der Waals surface area contributed by atoms with E-state index in [1.54, 1.807) is 55.7 Å². The summed E-state index contributed by atoms with van der Waals surface area (Å²) in [7, 11) is 0. The molecule has 4 nitrogen and oxygen atoms in total. The second-order valence-electron chi connectivity index (χ2n) is 3.92. The van der Waals surface area contributed by atoms with Gasteiger partial charge in [0.25, 0.3) is 5.91 Å². The normalized spacial score (nSPS) is 11.7. The number of nitrogens with zero attached hydrogens (tertiary/aromatic N) is 1. The standard InChI is InChI=1S/C14H13ClN2O2/c1-10(19-13-7-3-2-6-12(13)15)14(18)17-11-5-4-8-16-9-11/h2-10H,1H3,(H,17,18). The zero-order valence-corrected chi connectivity index (χ0v) is 11.1. The number of rotatable bonds is 4. The zero-order chi connectivity index (χ0) is 13.7. The van der Waals surface area contributed by atoms with Crippen molar-refractivity contribution >= 4 is 23.2 Å². The van der Waals surface area contributed by atoms with Crippen molar-refractivity contribution in [2.45, 2.75) is 13.0 Å². The summed E-state index contributed by atoms with van der Waals surface area (Å²) < 4.78 is 5.51. The highest BCUT2D eigenvalue weighted by Gasteiger charge is 2.15. The van der Waals surface area contributed by atoms with Crippen molar-refractivity contribution in [3.8, 4) is 5.75 Å². The molecule has 1 aromatic carbocycles. The van der Waals surface area contributed by atoms with Crippen LogP contribution >= 0.6 is 11.6 Å². The van der Waals surface area contributed by atoms with Crippen LogP contribution in [-0.4, -0.2) is 17.0 Å². The highest BCUT2D eigenvalue weighted by molar-refractivity contribution is 6.32. The monoisotopic (exact) mass is 276 g/mol. The molecule has 19 heavy (non-hydrogen) atoms. The van der Waals surface area contributed by atoms with Gasteiger partial charge in [-0.2, -0.15) is 0 Å². The highest BCUT2D eigenvalue weighted by atomic mass is 35.5. The molecule has 2 rings (SSSR count). The van der Waals surface area contributed by atoms with Crippen LogP contribution < -0.4 is 10.1 Å². The number of hydrogen-bond acceptors (Lipinski definition) is 3. The molecular weight excluding hydrogens is 264 g/mol. The first-order valence-corrected chi connectivity index (χ1v) is 6.16. The van der Waals surface area contributed by atoms with Crippen LogP contribution in [-0.2, 0) is 4.79 Å². The molecule has 0 bridgehead atoms. The van der Waals surface area contributed by atoms with Gasteiger partial charge in [-0.05, 0) is 31.2 Å². The first-order valence-electron chi connectivity index (χ1n) is 5.79. The molecule has 0 saturated heterocycles. The number of amides is 1. The largest absolute Gasteiger partial charge is 0.479 e. The second kappa shape index (κ2) is 6.20. The number of halogens is 1. The minimum absolute atomic E-state index is 0.257. The molecule has 98 valence electrons. The Morgan fingerprint density at radius 2 is 2.11 bits per heavy atom. The fraction of sp³-hybridized carbons (Fsp3) is 0.143. The van der Waals surface area contributed by atoms with Crippen molar-refractivity contribution < 1.29 is 9.53 Å². The number of pyridine rings is 1. The molecule has 0 saturated carbocycles. The molecular formula is C14H13ClN2O2. The van der Waals surface area contributed by atoms with Crippen LogP contribution in [0.2, 0.25) is 5.02 Å². The molecule has 1 unspecified atom stereocenters. The fourth-order valence-corrected chi connectivity index (χ4v) is 1.65. The summed E-state index contributed by atoms with van der Waals surface area (Å²) in [6.07, 6.45) is 2.56. The van der Waals surface area contributed by atoms with Gasteiger partial charge in [0.1, 0.15) is 5.75 Å². The predicted molar refractivity (Wildman–Crippen MR) is 74.4 cm³/mol. The first-order chi connectivity index (χ1) is 9.16. The van der Waals surface area contributed by atoms with Gasteiger partial charge in [-0.15, -0.1) is 0 Å². The Labute approximate surface area is 116 Å². The van der Waals surface area contributed by atoms with Crippen LogP contribution in [0.15, 0.2) is 48.8 Å². The Bertz CT molecular complexity index is 560. The van der Waals surface area contributed by atoms with Crippen molar-refractivity contribution in [2.24, 2.45) is 0 Å². The molecule has 1 N–H and O–H groups in total. The Morgan fingerprint density at radius 1 is 1.32 bits per heavy atom.